The van der Waals surface area contributed by atoms with Crippen molar-refractivity contribution in [3.63, 3.8) is 0 Å². The lowest BCUT2D eigenvalue weighted by molar-refractivity contribution is -0.136. The number of carboxylic acid groups (broad SMARTS) is 1. The summed E-state index contributed by atoms with van der Waals surface area (Å²) in [6, 6.07) is 5.62. The molecule has 0 spiro atoms. The number of carbonyl (C=O) groups excluding carboxylic acids is 1. The van der Waals surface area contributed by atoms with Gasteiger partial charge in [-0.3, -0.25) is 9.59 Å². The largest absolute Gasteiger partial charge is 0.481 e. The molecule has 0 radical (unpaired) electrons. The van der Waals surface area contributed by atoms with E-state index in [2.05, 4.69) is 15.3 Å². The van der Waals surface area contributed by atoms with Gasteiger partial charge in [0.25, 0.3) is 0 Å². The normalized spacial score (nSPS) is 10.7. The van der Waals surface area contributed by atoms with Crippen LogP contribution in [0.3, 0.4) is 0 Å². The smallest absolute Gasteiger partial charge is 0.323 e. The third-order valence-corrected chi connectivity index (χ3v) is 3.11. The van der Waals surface area contributed by atoms with Crippen LogP contribution >= 0.6 is 0 Å². The van der Waals surface area contributed by atoms with Crippen LogP contribution in [0.25, 0.3) is 11.0 Å². The van der Waals surface area contributed by atoms with E-state index in [1.807, 2.05) is 18.2 Å². The van der Waals surface area contributed by atoms with Crippen molar-refractivity contribution < 1.29 is 14.7 Å². The van der Waals surface area contributed by atoms with Gasteiger partial charge in [0, 0.05) is 13.0 Å². The molecule has 2 rings (SSSR count). The summed E-state index contributed by atoms with van der Waals surface area (Å²) in [6.45, 7) is 0.157. The van der Waals surface area contributed by atoms with Gasteiger partial charge in [-0.2, -0.15) is 0 Å². The Balaban J connectivity index is 1.77. The van der Waals surface area contributed by atoms with Gasteiger partial charge in [0.1, 0.15) is 0 Å². The summed E-state index contributed by atoms with van der Waals surface area (Å²) in [5.41, 5.74) is 2.31. The number of aromatic amines is 2. The van der Waals surface area contributed by atoms with E-state index in [-0.39, 0.29) is 24.6 Å². The van der Waals surface area contributed by atoms with Crippen LogP contribution in [0.1, 0.15) is 24.8 Å². The molecule has 2 aromatic rings. The third kappa shape index (κ3) is 4.48. The van der Waals surface area contributed by atoms with Gasteiger partial charge in [-0.05, 0) is 30.5 Å². The Bertz CT molecular complexity index is 702. The van der Waals surface area contributed by atoms with Gasteiger partial charge in [0.2, 0.25) is 5.91 Å². The molecule has 21 heavy (non-hydrogen) atoms. The summed E-state index contributed by atoms with van der Waals surface area (Å²) >= 11 is 0. The third-order valence-electron chi connectivity index (χ3n) is 3.11. The Morgan fingerprint density at radius 2 is 1.90 bits per heavy atom. The summed E-state index contributed by atoms with van der Waals surface area (Å²) in [6.07, 6.45) is 1.67. The van der Waals surface area contributed by atoms with E-state index in [1.54, 1.807) is 0 Å². The van der Waals surface area contributed by atoms with E-state index in [1.165, 1.54) is 0 Å². The minimum Gasteiger partial charge on any atom is -0.481 e. The van der Waals surface area contributed by atoms with Crippen LogP contribution in [0.15, 0.2) is 23.0 Å². The molecule has 1 heterocycles. The van der Waals surface area contributed by atoms with Gasteiger partial charge < -0.3 is 20.4 Å². The highest BCUT2D eigenvalue weighted by Crippen LogP contribution is 2.12. The maximum atomic E-state index is 11.5. The lowest BCUT2D eigenvalue weighted by Crippen LogP contribution is -2.25. The molecular weight excluding hydrogens is 274 g/mol. The second-order valence-corrected chi connectivity index (χ2v) is 4.81. The number of carbonyl (C=O) groups is 2. The fourth-order valence-electron chi connectivity index (χ4n) is 2.09. The Labute approximate surface area is 120 Å². The SMILES string of the molecule is O=C(O)CCNC(=O)CCCc1ccc2[nH]c(=O)[nH]c2c1. The minimum absolute atomic E-state index is 0.0662. The van der Waals surface area contributed by atoms with E-state index in [4.69, 9.17) is 5.11 Å². The lowest BCUT2D eigenvalue weighted by Gasteiger charge is -2.04. The van der Waals surface area contributed by atoms with Crippen LogP contribution in [0, 0.1) is 0 Å². The Morgan fingerprint density at radius 3 is 2.67 bits per heavy atom. The molecule has 0 aliphatic heterocycles. The monoisotopic (exact) mass is 291 g/mol. The Hall–Kier alpha value is -2.57. The number of carboxylic acids is 1. The van der Waals surface area contributed by atoms with E-state index in [0.717, 1.165) is 23.0 Å². The highest BCUT2D eigenvalue weighted by atomic mass is 16.4. The topological polar surface area (TPSA) is 115 Å². The molecular formula is C14H17N3O4. The molecule has 0 saturated heterocycles. The molecule has 0 unspecified atom stereocenters. The fraction of sp³-hybridized carbons (Fsp3) is 0.357. The molecule has 0 atom stereocenters. The molecule has 0 fully saturated rings. The first kappa shape index (κ1) is 14.8. The quantitative estimate of drug-likeness (QED) is 0.603. The molecule has 0 aliphatic rings. The van der Waals surface area contributed by atoms with Crippen LogP contribution in [-0.2, 0) is 16.0 Å². The van der Waals surface area contributed by atoms with Crippen LogP contribution in [0.4, 0.5) is 0 Å². The first-order chi connectivity index (χ1) is 10.0. The van der Waals surface area contributed by atoms with Crippen molar-refractivity contribution in [1.29, 1.82) is 0 Å². The van der Waals surface area contributed by atoms with Gasteiger partial charge in [-0.25, -0.2) is 4.79 Å². The number of fused-ring (bicyclic) bond motifs is 1. The molecule has 112 valence electrons. The van der Waals surface area contributed by atoms with Gasteiger partial charge in [-0.15, -0.1) is 0 Å². The number of imidazole rings is 1. The van der Waals surface area contributed by atoms with Crippen molar-refractivity contribution in [3.8, 4) is 0 Å². The number of benzene rings is 1. The van der Waals surface area contributed by atoms with Crippen molar-refractivity contribution in [3.05, 3.63) is 34.2 Å². The van der Waals surface area contributed by atoms with Crippen LogP contribution in [-0.4, -0.2) is 33.5 Å². The summed E-state index contributed by atoms with van der Waals surface area (Å²) < 4.78 is 0. The zero-order valence-electron chi connectivity index (χ0n) is 11.4. The fourth-order valence-corrected chi connectivity index (χ4v) is 2.09. The number of aliphatic carboxylic acids is 1. The van der Waals surface area contributed by atoms with E-state index >= 15 is 0 Å². The van der Waals surface area contributed by atoms with E-state index < -0.39 is 5.97 Å². The van der Waals surface area contributed by atoms with Crippen LogP contribution < -0.4 is 11.0 Å². The minimum atomic E-state index is -0.927. The molecule has 7 heteroatoms. The predicted molar refractivity (Wildman–Crippen MR) is 77.1 cm³/mol. The van der Waals surface area contributed by atoms with Gasteiger partial charge in [0.15, 0.2) is 0 Å². The number of rotatable bonds is 7. The number of hydrogen-bond donors (Lipinski definition) is 4. The van der Waals surface area contributed by atoms with Crippen molar-refractivity contribution in [2.75, 3.05) is 6.54 Å². The molecule has 7 nitrogen and oxygen atoms in total. The summed E-state index contributed by atoms with van der Waals surface area (Å²) in [5, 5.41) is 11.0. The standard InChI is InChI=1S/C14H17N3O4/c18-12(15-7-6-13(19)20)3-1-2-9-4-5-10-11(8-9)17-14(21)16-10/h4-5,8H,1-3,6-7H2,(H,15,18)(H,19,20)(H2,16,17,21). The lowest BCUT2D eigenvalue weighted by atomic mass is 10.1. The molecule has 1 aromatic carbocycles. The zero-order chi connectivity index (χ0) is 15.2. The second-order valence-electron chi connectivity index (χ2n) is 4.81. The van der Waals surface area contributed by atoms with Crippen molar-refractivity contribution in [1.82, 2.24) is 15.3 Å². The summed E-state index contributed by atoms with van der Waals surface area (Å²) in [4.78, 5) is 38.3. The molecule has 0 bridgehead atoms. The molecule has 0 aliphatic carbocycles. The molecule has 1 aromatic heterocycles. The average Bonchev–Trinajstić information content (AvgIpc) is 2.77. The second kappa shape index (κ2) is 6.74. The number of hydrogen-bond acceptors (Lipinski definition) is 3. The molecule has 1 amide bonds. The number of aromatic nitrogens is 2. The van der Waals surface area contributed by atoms with Crippen LogP contribution in [0.5, 0.6) is 0 Å². The van der Waals surface area contributed by atoms with Gasteiger partial charge in [-0.1, -0.05) is 6.07 Å². The summed E-state index contributed by atoms with van der Waals surface area (Å²) in [7, 11) is 0. The first-order valence-corrected chi connectivity index (χ1v) is 6.74. The Kier molecular flexibility index (Phi) is 4.76. The number of H-pyrrole nitrogens is 2. The Morgan fingerprint density at radius 1 is 1.14 bits per heavy atom. The first-order valence-electron chi connectivity index (χ1n) is 6.74. The average molecular weight is 291 g/mol. The number of amides is 1. The van der Waals surface area contributed by atoms with E-state index in [9.17, 15) is 14.4 Å². The highest BCUT2D eigenvalue weighted by Gasteiger charge is 2.04. The van der Waals surface area contributed by atoms with Gasteiger partial charge >= 0.3 is 11.7 Å². The predicted octanol–water partition coefficient (Wildman–Crippen LogP) is 0.770. The zero-order valence-corrected chi connectivity index (χ0v) is 11.4. The van der Waals surface area contributed by atoms with Crippen molar-refractivity contribution >= 4 is 22.9 Å². The van der Waals surface area contributed by atoms with Gasteiger partial charge in [0.05, 0.1) is 17.5 Å². The summed E-state index contributed by atoms with van der Waals surface area (Å²) in [5.74, 6) is -1.07. The highest BCUT2D eigenvalue weighted by molar-refractivity contribution is 5.77. The molecule has 4 N–H and O–H groups in total. The van der Waals surface area contributed by atoms with E-state index in [0.29, 0.717) is 12.8 Å². The van der Waals surface area contributed by atoms with Crippen molar-refractivity contribution in [2.24, 2.45) is 0 Å². The van der Waals surface area contributed by atoms with Crippen LogP contribution in [0.2, 0.25) is 0 Å². The number of nitrogens with one attached hydrogen (secondary N) is 3. The maximum absolute atomic E-state index is 11.5. The maximum Gasteiger partial charge on any atom is 0.323 e. The molecule has 0 saturated carbocycles. The van der Waals surface area contributed by atoms with Crippen molar-refractivity contribution in [2.45, 2.75) is 25.7 Å². The number of aryl methyl sites for hydroxylation is 1.